The summed E-state index contributed by atoms with van der Waals surface area (Å²) in [4.78, 5) is 35.6. The lowest BCUT2D eigenvalue weighted by Crippen LogP contribution is -2.39. The van der Waals surface area contributed by atoms with Crippen molar-refractivity contribution in [3.05, 3.63) is 31.8 Å². The van der Waals surface area contributed by atoms with Gasteiger partial charge in [-0.2, -0.15) is 0 Å². The fraction of sp³-hybridized carbons (Fsp3) is 0.615. The van der Waals surface area contributed by atoms with Crippen molar-refractivity contribution in [2.24, 2.45) is 0 Å². The molecule has 0 aliphatic heterocycles. The van der Waals surface area contributed by atoms with Crippen molar-refractivity contribution in [2.45, 2.75) is 53.2 Å². The minimum atomic E-state index is -0.876. The molecule has 0 aliphatic carbocycles. The molecule has 1 heterocycles. The third-order valence-corrected chi connectivity index (χ3v) is 2.80. The van der Waals surface area contributed by atoms with Crippen LogP contribution in [0, 0.1) is 13.8 Å². The highest BCUT2D eigenvalue weighted by atomic mass is 16.6. The molecule has 0 bridgehead atoms. The monoisotopic (exact) mass is 268 g/mol. The summed E-state index contributed by atoms with van der Waals surface area (Å²) in [7, 11) is 0. The van der Waals surface area contributed by atoms with Gasteiger partial charge in [0.1, 0.15) is 11.6 Å². The normalized spacial score (nSPS) is 13.2. The molecule has 19 heavy (non-hydrogen) atoms. The molecule has 106 valence electrons. The topological polar surface area (TPSA) is 81.2 Å². The molecule has 0 saturated carbocycles. The Morgan fingerprint density at radius 2 is 1.74 bits per heavy atom. The number of rotatable bonds is 2. The summed E-state index contributed by atoms with van der Waals surface area (Å²) < 4.78 is 6.21. The zero-order chi connectivity index (χ0) is 15.0. The van der Waals surface area contributed by atoms with E-state index >= 15 is 0 Å². The molecule has 0 radical (unpaired) electrons. The molecule has 0 amide bonds. The van der Waals surface area contributed by atoms with Crippen molar-refractivity contribution in [3.63, 3.8) is 0 Å². The van der Waals surface area contributed by atoms with Crippen LogP contribution >= 0.6 is 0 Å². The highest BCUT2D eigenvalue weighted by Gasteiger charge is 2.25. The van der Waals surface area contributed by atoms with Crippen LogP contribution in [0.4, 0.5) is 0 Å². The second-order valence-electron chi connectivity index (χ2n) is 5.58. The summed E-state index contributed by atoms with van der Waals surface area (Å²) in [6.07, 6.45) is 0. The molecule has 6 nitrogen and oxygen atoms in total. The number of carbonyl (C=O) groups is 1. The Kier molecular flexibility index (Phi) is 4.03. The first kappa shape index (κ1) is 15.2. The van der Waals surface area contributed by atoms with Gasteiger partial charge in [0.25, 0.3) is 11.1 Å². The lowest BCUT2D eigenvalue weighted by atomic mass is 10.2. The number of esters is 1. The lowest BCUT2D eigenvalue weighted by molar-refractivity contribution is -0.158. The van der Waals surface area contributed by atoms with Crippen LogP contribution in [0.1, 0.15) is 44.9 Å². The van der Waals surface area contributed by atoms with E-state index in [4.69, 9.17) is 4.74 Å². The zero-order valence-corrected chi connectivity index (χ0v) is 12.2. The lowest BCUT2D eigenvalue weighted by Gasteiger charge is -2.23. The quantitative estimate of drug-likeness (QED) is 0.813. The van der Waals surface area contributed by atoms with Crippen molar-refractivity contribution in [2.75, 3.05) is 0 Å². The van der Waals surface area contributed by atoms with Gasteiger partial charge in [0, 0.05) is 11.1 Å². The van der Waals surface area contributed by atoms with Gasteiger partial charge in [-0.05, 0) is 41.5 Å². The number of hydrogen-bond acceptors (Lipinski definition) is 4. The average molecular weight is 268 g/mol. The maximum Gasteiger partial charge on any atom is 0.331 e. The molecule has 0 fully saturated rings. The molecular weight excluding hydrogens is 248 g/mol. The van der Waals surface area contributed by atoms with Crippen LogP contribution in [0.3, 0.4) is 0 Å². The van der Waals surface area contributed by atoms with E-state index in [9.17, 15) is 14.4 Å². The molecule has 0 aromatic carbocycles. The van der Waals surface area contributed by atoms with Gasteiger partial charge in [-0.25, -0.2) is 9.48 Å². The largest absolute Gasteiger partial charge is 0.458 e. The van der Waals surface area contributed by atoms with Crippen LogP contribution in [-0.4, -0.2) is 21.4 Å². The molecule has 0 spiro atoms. The van der Waals surface area contributed by atoms with Crippen molar-refractivity contribution in [1.29, 1.82) is 0 Å². The van der Waals surface area contributed by atoms with E-state index in [0.717, 1.165) is 4.68 Å². The number of nitrogens with zero attached hydrogens (tertiary/aromatic N) is 1. The van der Waals surface area contributed by atoms with Crippen molar-refractivity contribution >= 4 is 5.97 Å². The summed E-state index contributed by atoms with van der Waals surface area (Å²) in [5.74, 6) is -0.562. The fourth-order valence-corrected chi connectivity index (χ4v) is 1.52. The molecule has 0 aliphatic rings. The van der Waals surface area contributed by atoms with Gasteiger partial charge >= 0.3 is 5.97 Å². The van der Waals surface area contributed by atoms with Gasteiger partial charge in [-0.3, -0.25) is 14.7 Å². The molecule has 1 aromatic rings. The summed E-state index contributed by atoms with van der Waals surface area (Å²) in [5, 5.41) is 2.40. The number of ether oxygens (including phenoxy) is 1. The van der Waals surface area contributed by atoms with Crippen LogP contribution in [0.25, 0.3) is 0 Å². The molecule has 0 saturated heterocycles. The summed E-state index contributed by atoms with van der Waals surface area (Å²) in [5.41, 5.74) is -0.727. The number of hydrogen-bond donors (Lipinski definition) is 1. The Morgan fingerprint density at radius 3 is 2.21 bits per heavy atom. The molecule has 6 heteroatoms. The molecule has 1 atom stereocenters. The maximum atomic E-state index is 12.0. The Labute approximate surface area is 111 Å². The average Bonchev–Trinajstić information content (AvgIpc) is 2.28. The van der Waals surface area contributed by atoms with Crippen molar-refractivity contribution in [3.8, 4) is 0 Å². The van der Waals surface area contributed by atoms with Gasteiger partial charge in [-0.15, -0.1) is 0 Å². The number of aromatic nitrogens is 2. The Hall–Kier alpha value is -1.85. The van der Waals surface area contributed by atoms with Gasteiger partial charge in [0.15, 0.2) is 0 Å². The number of H-pyrrole nitrogens is 1. The first-order chi connectivity index (χ1) is 8.54. The van der Waals surface area contributed by atoms with Crippen LogP contribution in [0.2, 0.25) is 0 Å². The van der Waals surface area contributed by atoms with Gasteiger partial charge in [-0.1, -0.05) is 0 Å². The van der Waals surface area contributed by atoms with E-state index in [1.807, 2.05) is 0 Å². The second kappa shape index (κ2) is 5.03. The SMILES string of the molecule is Cc1c(C)c(=O)n(C(C)C(=O)OC(C)(C)C)[nH]c1=O. The third-order valence-electron chi connectivity index (χ3n) is 2.80. The van der Waals surface area contributed by atoms with Gasteiger partial charge in [0.2, 0.25) is 0 Å². The summed E-state index contributed by atoms with van der Waals surface area (Å²) in [6, 6.07) is -0.876. The molecular formula is C13H20N2O4. The first-order valence-corrected chi connectivity index (χ1v) is 6.09. The Balaban J connectivity index is 3.22. The Morgan fingerprint density at radius 1 is 1.21 bits per heavy atom. The van der Waals surface area contributed by atoms with E-state index in [-0.39, 0.29) is 5.56 Å². The molecule has 1 rings (SSSR count). The standard InChI is InChI=1S/C13H20N2O4/c1-7-8(2)11(17)15(14-10(7)16)9(3)12(18)19-13(4,5)6/h9H,1-6H3,(H,14,16). The van der Waals surface area contributed by atoms with E-state index < -0.39 is 23.2 Å². The number of aromatic amines is 1. The number of nitrogens with one attached hydrogen (secondary N) is 1. The summed E-state index contributed by atoms with van der Waals surface area (Å²) >= 11 is 0. The molecule has 1 unspecified atom stereocenters. The smallest absolute Gasteiger partial charge is 0.331 e. The minimum absolute atomic E-state index is 0.333. The van der Waals surface area contributed by atoms with Gasteiger partial charge in [0.05, 0.1) is 0 Å². The highest BCUT2D eigenvalue weighted by Crippen LogP contribution is 2.12. The van der Waals surface area contributed by atoms with E-state index in [1.165, 1.54) is 6.92 Å². The van der Waals surface area contributed by atoms with Crippen molar-refractivity contribution < 1.29 is 9.53 Å². The molecule has 1 aromatic heterocycles. The van der Waals surface area contributed by atoms with E-state index in [1.54, 1.807) is 34.6 Å². The third kappa shape index (κ3) is 3.33. The first-order valence-electron chi connectivity index (χ1n) is 6.09. The number of carbonyl (C=O) groups excluding carboxylic acids is 1. The van der Waals surface area contributed by atoms with Gasteiger partial charge < -0.3 is 4.74 Å². The predicted octanol–water partition coefficient (Wildman–Crippen LogP) is 1.06. The fourth-order valence-electron chi connectivity index (χ4n) is 1.52. The van der Waals surface area contributed by atoms with Crippen LogP contribution in [0.15, 0.2) is 9.59 Å². The summed E-state index contributed by atoms with van der Waals surface area (Å²) in [6.45, 7) is 9.86. The van der Waals surface area contributed by atoms with Crippen LogP contribution in [-0.2, 0) is 9.53 Å². The second-order valence-corrected chi connectivity index (χ2v) is 5.58. The predicted molar refractivity (Wildman–Crippen MR) is 71.4 cm³/mol. The van der Waals surface area contributed by atoms with E-state index in [2.05, 4.69) is 5.10 Å². The highest BCUT2D eigenvalue weighted by molar-refractivity contribution is 5.74. The maximum absolute atomic E-state index is 12.0. The van der Waals surface area contributed by atoms with E-state index in [0.29, 0.717) is 11.1 Å². The molecule has 1 N–H and O–H groups in total. The van der Waals surface area contributed by atoms with Crippen LogP contribution in [0.5, 0.6) is 0 Å². The zero-order valence-electron chi connectivity index (χ0n) is 12.2. The Bertz CT molecular complexity index is 605. The van der Waals surface area contributed by atoms with Crippen molar-refractivity contribution in [1.82, 2.24) is 9.78 Å². The van der Waals surface area contributed by atoms with Crippen LogP contribution < -0.4 is 11.1 Å². The minimum Gasteiger partial charge on any atom is -0.458 e.